The van der Waals surface area contributed by atoms with Gasteiger partial charge in [-0.1, -0.05) is 0 Å². The van der Waals surface area contributed by atoms with Gasteiger partial charge in [-0.15, -0.1) is 0 Å². The number of hydrogen-bond donors (Lipinski definition) is 1. The molecule has 5 rings (SSSR count). The van der Waals surface area contributed by atoms with Gasteiger partial charge in [0.2, 0.25) is 5.91 Å². The molecule has 1 amide bonds. The number of hydrogen-bond acceptors (Lipinski definition) is 2. The summed E-state index contributed by atoms with van der Waals surface area (Å²) in [7, 11) is 0. The number of fused-ring (bicyclic) bond motifs is 2. The maximum atomic E-state index is 12.5. The van der Waals surface area contributed by atoms with Gasteiger partial charge in [0.1, 0.15) is 5.58 Å². The smallest absolute Gasteiger partial charge is 0.224 e. The maximum Gasteiger partial charge on any atom is 0.224 e. The van der Waals surface area contributed by atoms with Crippen LogP contribution in [-0.4, -0.2) is 11.9 Å². The molecular formula is C20H23NO2. The maximum absolute atomic E-state index is 12.5. The minimum atomic E-state index is 0.164. The van der Waals surface area contributed by atoms with Gasteiger partial charge in [0.15, 0.2) is 0 Å². The summed E-state index contributed by atoms with van der Waals surface area (Å²) < 4.78 is 5.72. The molecule has 0 aliphatic heterocycles. The van der Waals surface area contributed by atoms with Crippen LogP contribution in [0.2, 0.25) is 0 Å². The third-order valence-corrected chi connectivity index (χ3v) is 5.81. The molecule has 0 radical (unpaired) electrons. The molecule has 0 unspecified atom stereocenters. The number of benzene rings is 1. The van der Waals surface area contributed by atoms with Crippen molar-refractivity contribution in [3.63, 3.8) is 0 Å². The number of aryl methyl sites for hydroxylation is 2. The first-order chi connectivity index (χ1) is 11.3. The molecule has 0 bridgehead atoms. The Morgan fingerprint density at radius 2 is 1.83 bits per heavy atom. The number of amides is 1. The van der Waals surface area contributed by atoms with Crippen LogP contribution < -0.4 is 5.32 Å². The SMILES string of the molecule is O=C(Cc1coc2cc3c(cc12)CCC3)NC(C1CC1)C1CC1. The molecule has 2 fully saturated rings. The molecule has 2 aromatic rings. The van der Waals surface area contributed by atoms with Crippen LogP contribution >= 0.6 is 0 Å². The molecule has 0 saturated heterocycles. The van der Waals surface area contributed by atoms with E-state index in [9.17, 15) is 4.79 Å². The van der Waals surface area contributed by atoms with Crippen LogP contribution in [0.15, 0.2) is 22.8 Å². The fourth-order valence-electron chi connectivity index (χ4n) is 4.23. The zero-order valence-electron chi connectivity index (χ0n) is 13.4. The van der Waals surface area contributed by atoms with Gasteiger partial charge < -0.3 is 9.73 Å². The molecule has 2 saturated carbocycles. The monoisotopic (exact) mass is 309 g/mol. The topological polar surface area (TPSA) is 42.2 Å². The highest BCUT2D eigenvalue weighted by Crippen LogP contribution is 2.44. The highest BCUT2D eigenvalue weighted by atomic mass is 16.3. The minimum Gasteiger partial charge on any atom is -0.464 e. The predicted molar refractivity (Wildman–Crippen MR) is 89.3 cm³/mol. The molecule has 3 heteroatoms. The Labute approximate surface area is 136 Å². The molecule has 23 heavy (non-hydrogen) atoms. The summed E-state index contributed by atoms with van der Waals surface area (Å²) in [6.45, 7) is 0. The Bertz CT molecular complexity index is 755. The van der Waals surface area contributed by atoms with E-state index in [0.717, 1.165) is 41.2 Å². The first-order valence-corrected chi connectivity index (χ1v) is 9.09. The number of rotatable bonds is 5. The lowest BCUT2D eigenvalue weighted by molar-refractivity contribution is -0.121. The second-order valence-electron chi connectivity index (χ2n) is 7.68. The van der Waals surface area contributed by atoms with Crippen molar-refractivity contribution >= 4 is 16.9 Å². The van der Waals surface area contributed by atoms with E-state index in [-0.39, 0.29) is 5.91 Å². The first kappa shape index (κ1) is 13.6. The second-order valence-corrected chi connectivity index (χ2v) is 7.68. The average Bonchev–Trinajstić information content (AvgIpc) is 3.46. The third kappa shape index (κ3) is 2.56. The van der Waals surface area contributed by atoms with E-state index in [1.165, 1.54) is 43.2 Å². The molecule has 3 aliphatic carbocycles. The van der Waals surface area contributed by atoms with Gasteiger partial charge in [0.05, 0.1) is 12.7 Å². The van der Waals surface area contributed by atoms with Gasteiger partial charge in [0, 0.05) is 17.0 Å². The quantitative estimate of drug-likeness (QED) is 0.913. The van der Waals surface area contributed by atoms with Crippen molar-refractivity contribution in [1.29, 1.82) is 0 Å². The van der Waals surface area contributed by atoms with E-state index in [1.807, 2.05) is 0 Å². The Kier molecular flexibility index (Phi) is 3.04. The molecule has 120 valence electrons. The Balaban J connectivity index is 1.35. The molecule has 0 atom stereocenters. The average molecular weight is 309 g/mol. The van der Waals surface area contributed by atoms with E-state index in [0.29, 0.717) is 12.5 Å². The lowest BCUT2D eigenvalue weighted by atomic mass is 10.0. The summed E-state index contributed by atoms with van der Waals surface area (Å²) in [5.74, 6) is 1.66. The van der Waals surface area contributed by atoms with Crippen molar-refractivity contribution in [3.8, 4) is 0 Å². The first-order valence-electron chi connectivity index (χ1n) is 9.09. The molecular weight excluding hydrogens is 286 g/mol. The van der Waals surface area contributed by atoms with Crippen LogP contribution in [0.4, 0.5) is 0 Å². The van der Waals surface area contributed by atoms with Gasteiger partial charge in [-0.05, 0) is 80.0 Å². The number of nitrogens with one attached hydrogen (secondary N) is 1. The molecule has 3 nitrogen and oxygen atoms in total. The van der Waals surface area contributed by atoms with Crippen molar-refractivity contribution in [2.45, 2.75) is 57.4 Å². The number of carbonyl (C=O) groups excluding carboxylic acids is 1. The molecule has 1 N–H and O–H groups in total. The predicted octanol–water partition coefficient (Wildman–Crippen LogP) is 3.77. The van der Waals surface area contributed by atoms with Gasteiger partial charge in [-0.25, -0.2) is 0 Å². The van der Waals surface area contributed by atoms with Crippen LogP contribution in [0.3, 0.4) is 0 Å². The highest BCUT2D eigenvalue weighted by Gasteiger charge is 2.42. The standard InChI is InChI=1S/C20H23NO2/c22-19(21-20(12-4-5-12)13-6-7-13)10-16-11-23-18-9-15-3-1-2-14(15)8-17(16)18/h8-9,11-13,20H,1-7,10H2,(H,21,22). The Morgan fingerprint density at radius 3 is 2.52 bits per heavy atom. The van der Waals surface area contributed by atoms with Crippen molar-refractivity contribution < 1.29 is 9.21 Å². The summed E-state index contributed by atoms with van der Waals surface area (Å²) in [4.78, 5) is 12.5. The lowest BCUT2D eigenvalue weighted by Crippen LogP contribution is -2.38. The van der Waals surface area contributed by atoms with Crippen LogP contribution in [0, 0.1) is 11.8 Å². The summed E-state index contributed by atoms with van der Waals surface area (Å²) in [5, 5.41) is 4.45. The van der Waals surface area contributed by atoms with Gasteiger partial charge in [-0.2, -0.15) is 0 Å². The highest BCUT2D eigenvalue weighted by molar-refractivity contribution is 5.88. The number of carbonyl (C=O) groups is 1. The van der Waals surface area contributed by atoms with Gasteiger partial charge in [-0.3, -0.25) is 4.79 Å². The van der Waals surface area contributed by atoms with E-state index in [2.05, 4.69) is 17.4 Å². The van der Waals surface area contributed by atoms with Crippen LogP contribution in [0.1, 0.15) is 48.8 Å². The van der Waals surface area contributed by atoms with Crippen molar-refractivity contribution in [2.24, 2.45) is 11.8 Å². The fourth-order valence-corrected chi connectivity index (χ4v) is 4.23. The zero-order valence-corrected chi connectivity index (χ0v) is 13.4. The van der Waals surface area contributed by atoms with E-state index < -0.39 is 0 Å². The zero-order chi connectivity index (χ0) is 15.4. The molecule has 1 aromatic heterocycles. The summed E-state index contributed by atoms with van der Waals surface area (Å²) in [6, 6.07) is 4.86. The van der Waals surface area contributed by atoms with Crippen molar-refractivity contribution in [1.82, 2.24) is 5.32 Å². The van der Waals surface area contributed by atoms with Crippen molar-refractivity contribution in [2.75, 3.05) is 0 Å². The molecule has 3 aliphatic rings. The molecule has 1 aromatic carbocycles. The third-order valence-electron chi connectivity index (χ3n) is 5.81. The fraction of sp³-hybridized carbons (Fsp3) is 0.550. The Hall–Kier alpha value is -1.77. The summed E-state index contributed by atoms with van der Waals surface area (Å²) >= 11 is 0. The molecule has 1 heterocycles. The normalized spacial score (nSPS) is 20.2. The summed E-state index contributed by atoms with van der Waals surface area (Å²) in [6.07, 6.45) is 11.0. The lowest BCUT2D eigenvalue weighted by Gasteiger charge is -2.17. The van der Waals surface area contributed by atoms with Gasteiger partial charge in [0.25, 0.3) is 0 Å². The van der Waals surface area contributed by atoms with Crippen LogP contribution in [-0.2, 0) is 24.1 Å². The van der Waals surface area contributed by atoms with E-state index >= 15 is 0 Å². The van der Waals surface area contributed by atoms with Gasteiger partial charge >= 0.3 is 0 Å². The Morgan fingerprint density at radius 1 is 1.13 bits per heavy atom. The second kappa shape index (κ2) is 5.12. The number of furan rings is 1. The van der Waals surface area contributed by atoms with E-state index in [4.69, 9.17) is 4.42 Å². The largest absolute Gasteiger partial charge is 0.464 e. The van der Waals surface area contributed by atoms with E-state index in [1.54, 1.807) is 6.26 Å². The van der Waals surface area contributed by atoms with Crippen LogP contribution in [0.5, 0.6) is 0 Å². The minimum absolute atomic E-state index is 0.164. The van der Waals surface area contributed by atoms with Crippen molar-refractivity contribution in [3.05, 3.63) is 35.1 Å². The van der Waals surface area contributed by atoms with Crippen LogP contribution in [0.25, 0.3) is 11.0 Å². The molecule has 0 spiro atoms. The summed E-state index contributed by atoms with van der Waals surface area (Å²) in [5.41, 5.74) is 4.84.